The maximum atomic E-state index is 11.1. The van der Waals surface area contributed by atoms with E-state index in [0.29, 0.717) is 11.1 Å². The van der Waals surface area contributed by atoms with E-state index in [4.69, 9.17) is 4.74 Å². The topological polar surface area (TPSA) is 55.0 Å². The molecule has 0 amide bonds. The molecule has 5 heteroatoms. The van der Waals surface area contributed by atoms with Crippen LogP contribution >= 0.6 is 15.9 Å². The molecule has 13 heavy (non-hydrogen) atoms. The normalized spacial score (nSPS) is 11.4. The van der Waals surface area contributed by atoms with Gasteiger partial charge in [0.15, 0.2) is 0 Å². The van der Waals surface area contributed by atoms with Gasteiger partial charge >= 0.3 is 5.97 Å². The Labute approximate surface area is 84.1 Å². The van der Waals surface area contributed by atoms with Gasteiger partial charge in [-0.15, -0.1) is 0 Å². The van der Waals surface area contributed by atoms with Crippen LogP contribution < -0.4 is 0 Å². The molecule has 4 nitrogen and oxygen atoms in total. The summed E-state index contributed by atoms with van der Waals surface area (Å²) in [5.41, 5.74) is 0.819. The van der Waals surface area contributed by atoms with Gasteiger partial charge in [0.05, 0.1) is 12.8 Å². The molecule has 0 fully saturated rings. The zero-order valence-corrected chi connectivity index (χ0v) is 8.67. The molecule has 0 unspecified atom stereocenters. The van der Waals surface area contributed by atoms with Crippen LogP contribution in [0, 0.1) is 0 Å². The van der Waals surface area contributed by atoms with E-state index < -0.39 is 0 Å². The standard InChI is InChI=1S/C8H9BrN2O2/c1-2-13-8(12)7(9)3-6-4-10-11-5-6/h3-5H,2H2,1H3,(H,10,11). The van der Waals surface area contributed by atoms with E-state index in [-0.39, 0.29) is 5.97 Å². The molecule has 0 saturated heterocycles. The van der Waals surface area contributed by atoms with Gasteiger partial charge in [0.1, 0.15) is 4.48 Å². The van der Waals surface area contributed by atoms with Gasteiger partial charge in [0.2, 0.25) is 0 Å². The molecule has 1 N–H and O–H groups in total. The Morgan fingerprint density at radius 3 is 3.15 bits per heavy atom. The summed E-state index contributed by atoms with van der Waals surface area (Å²) in [7, 11) is 0. The number of ether oxygens (including phenoxy) is 1. The molecule has 1 aromatic heterocycles. The van der Waals surface area contributed by atoms with Crippen molar-refractivity contribution >= 4 is 28.0 Å². The van der Waals surface area contributed by atoms with Gasteiger partial charge < -0.3 is 4.74 Å². The largest absolute Gasteiger partial charge is 0.462 e. The van der Waals surface area contributed by atoms with Crippen LogP contribution in [-0.2, 0) is 9.53 Å². The number of nitrogens with zero attached hydrogens (tertiary/aromatic N) is 1. The number of nitrogens with one attached hydrogen (secondary N) is 1. The quantitative estimate of drug-likeness (QED) is 0.651. The fourth-order valence-corrected chi connectivity index (χ4v) is 1.12. The second-order valence-corrected chi connectivity index (χ2v) is 3.10. The van der Waals surface area contributed by atoms with Crippen molar-refractivity contribution in [2.45, 2.75) is 6.92 Å². The van der Waals surface area contributed by atoms with Crippen LogP contribution in [-0.4, -0.2) is 22.8 Å². The first-order chi connectivity index (χ1) is 6.24. The van der Waals surface area contributed by atoms with Crippen LogP contribution in [0.2, 0.25) is 0 Å². The Balaban J connectivity index is 2.66. The third-order valence-corrected chi connectivity index (χ3v) is 1.84. The lowest BCUT2D eigenvalue weighted by Gasteiger charge is -1.98. The van der Waals surface area contributed by atoms with Crippen molar-refractivity contribution in [3.63, 3.8) is 0 Å². The molecule has 1 aromatic rings. The van der Waals surface area contributed by atoms with Crippen molar-refractivity contribution in [2.75, 3.05) is 6.61 Å². The Morgan fingerprint density at radius 2 is 2.62 bits per heavy atom. The smallest absolute Gasteiger partial charge is 0.345 e. The van der Waals surface area contributed by atoms with E-state index in [1.54, 1.807) is 25.4 Å². The number of hydrogen-bond donors (Lipinski definition) is 1. The molecular formula is C8H9BrN2O2. The summed E-state index contributed by atoms with van der Waals surface area (Å²) in [4.78, 5) is 11.1. The second-order valence-electron chi connectivity index (χ2n) is 2.24. The van der Waals surface area contributed by atoms with Crippen LogP contribution in [0.3, 0.4) is 0 Å². The summed E-state index contributed by atoms with van der Waals surface area (Å²) < 4.78 is 5.15. The molecule has 0 aliphatic heterocycles. The minimum atomic E-state index is -0.372. The average Bonchev–Trinajstić information content (AvgIpc) is 2.57. The van der Waals surface area contributed by atoms with Crippen molar-refractivity contribution in [1.82, 2.24) is 10.2 Å². The average molecular weight is 245 g/mol. The third kappa shape index (κ3) is 3.02. The molecule has 0 aliphatic carbocycles. The first-order valence-corrected chi connectivity index (χ1v) is 4.56. The van der Waals surface area contributed by atoms with Crippen LogP contribution in [0.1, 0.15) is 12.5 Å². The number of carbonyl (C=O) groups is 1. The first-order valence-electron chi connectivity index (χ1n) is 3.77. The fourth-order valence-electron chi connectivity index (χ4n) is 0.745. The highest BCUT2D eigenvalue weighted by Crippen LogP contribution is 2.12. The van der Waals surface area contributed by atoms with Crippen molar-refractivity contribution in [2.24, 2.45) is 0 Å². The first kappa shape index (κ1) is 9.98. The lowest BCUT2D eigenvalue weighted by atomic mass is 10.3. The summed E-state index contributed by atoms with van der Waals surface area (Å²) >= 11 is 3.11. The number of esters is 1. The lowest BCUT2D eigenvalue weighted by Crippen LogP contribution is -2.02. The van der Waals surface area contributed by atoms with Crippen molar-refractivity contribution in [3.8, 4) is 0 Å². The number of halogens is 1. The maximum absolute atomic E-state index is 11.1. The summed E-state index contributed by atoms with van der Waals surface area (Å²) in [5, 5.41) is 6.38. The number of aromatic amines is 1. The van der Waals surface area contributed by atoms with E-state index in [0.717, 1.165) is 5.56 Å². The van der Waals surface area contributed by atoms with Gasteiger partial charge in [-0.05, 0) is 28.9 Å². The van der Waals surface area contributed by atoms with Gasteiger partial charge in [-0.25, -0.2) is 4.79 Å². The summed E-state index contributed by atoms with van der Waals surface area (Å²) in [6.45, 7) is 2.13. The highest BCUT2D eigenvalue weighted by Gasteiger charge is 2.06. The third-order valence-electron chi connectivity index (χ3n) is 1.28. The zero-order valence-electron chi connectivity index (χ0n) is 7.08. The van der Waals surface area contributed by atoms with E-state index in [1.807, 2.05) is 0 Å². The number of H-pyrrole nitrogens is 1. The second kappa shape index (κ2) is 4.81. The van der Waals surface area contributed by atoms with E-state index in [1.165, 1.54) is 0 Å². The fraction of sp³-hybridized carbons (Fsp3) is 0.250. The van der Waals surface area contributed by atoms with E-state index in [9.17, 15) is 4.79 Å². The van der Waals surface area contributed by atoms with Crippen LogP contribution in [0.5, 0.6) is 0 Å². The predicted molar refractivity (Wildman–Crippen MR) is 52.1 cm³/mol. The molecule has 0 spiro atoms. The molecule has 0 aromatic carbocycles. The molecule has 0 radical (unpaired) electrons. The number of carbonyl (C=O) groups excluding carboxylic acids is 1. The SMILES string of the molecule is CCOC(=O)C(Br)=Cc1cn[nH]c1. The van der Waals surface area contributed by atoms with Gasteiger partial charge in [0.25, 0.3) is 0 Å². The molecule has 0 saturated carbocycles. The Morgan fingerprint density at radius 1 is 1.85 bits per heavy atom. The highest BCUT2D eigenvalue weighted by molar-refractivity contribution is 9.12. The van der Waals surface area contributed by atoms with Gasteiger partial charge in [-0.2, -0.15) is 5.10 Å². The van der Waals surface area contributed by atoms with Crippen molar-refractivity contribution in [1.29, 1.82) is 0 Å². The maximum Gasteiger partial charge on any atom is 0.345 e. The monoisotopic (exact) mass is 244 g/mol. The van der Waals surface area contributed by atoms with Crippen molar-refractivity contribution < 1.29 is 9.53 Å². The molecule has 1 heterocycles. The summed E-state index contributed by atoms with van der Waals surface area (Å²) in [6.07, 6.45) is 4.93. The summed E-state index contributed by atoms with van der Waals surface area (Å²) in [6, 6.07) is 0. The lowest BCUT2D eigenvalue weighted by molar-refractivity contribution is -0.137. The van der Waals surface area contributed by atoms with Gasteiger partial charge in [0, 0.05) is 11.8 Å². The highest BCUT2D eigenvalue weighted by atomic mass is 79.9. The minimum absolute atomic E-state index is 0.368. The molecule has 1 rings (SSSR count). The van der Waals surface area contributed by atoms with Crippen LogP contribution in [0.25, 0.3) is 6.08 Å². The number of aromatic nitrogens is 2. The molecule has 0 aliphatic rings. The Kier molecular flexibility index (Phi) is 3.70. The molecule has 0 atom stereocenters. The van der Waals surface area contributed by atoms with Crippen LogP contribution in [0.4, 0.5) is 0 Å². The minimum Gasteiger partial charge on any atom is -0.462 e. The summed E-state index contributed by atoms with van der Waals surface area (Å²) in [5.74, 6) is -0.372. The molecular weight excluding hydrogens is 236 g/mol. The van der Waals surface area contributed by atoms with E-state index >= 15 is 0 Å². The van der Waals surface area contributed by atoms with Gasteiger partial charge in [-0.1, -0.05) is 0 Å². The number of hydrogen-bond acceptors (Lipinski definition) is 3. The Bertz CT molecular complexity index is 306. The predicted octanol–water partition coefficient (Wildman–Crippen LogP) is 1.71. The van der Waals surface area contributed by atoms with Crippen molar-refractivity contribution in [3.05, 3.63) is 22.4 Å². The van der Waals surface area contributed by atoms with E-state index in [2.05, 4.69) is 26.1 Å². The Hall–Kier alpha value is -1.10. The molecule has 0 bridgehead atoms. The zero-order chi connectivity index (χ0) is 9.68. The number of rotatable bonds is 3. The molecule has 70 valence electrons. The van der Waals surface area contributed by atoms with Crippen LogP contribution in [0.15, 0.2) is 16.9 Å². The van der Waals surface area contributed by atoms with Gasteiger partial charge in [-0.3, -0.25) is 5.10 Å².